The second-order valence-electron chi connectivity index (χ2n) is 5.28. The first kappa shape index (κ1) is 13.3. The molecular formula is C14H24N4. The van der Waals surface area contributed by atoms with Crippen LogP contribution in [-0.4, -0.2) is 40.8 Å². The van der Waals surface area contributed by atoms with E-state index in [0.717, 1.165) is 24.0 Å². The lowest BCUT2D eigenvalue weighted by atomic mass is 10.0. The van der Waals surface area contributed by atoms with E-state index in [9.17, 15) is 0 Å². The average molecular weight is 248 g/mol. The topological polar surface area (TPSA) is 41.1 Å². The third-order valence-corrected chi connectivity index (χ3v) is 3.66. The molecule has 2 heterocycles. The lowest BCUT2D eigenvalue weighted by Crippen LogP contribution is -2.38. The Hall–Kier alpha value is -1.16. The highest BCUT2D eigenvalue weighted by atomic mass is 15.2. The number of aromatic nitrogens is 2. The van der Waals surface area contributed by atoms with Crippen molar-refractivity contribution in [1.82, 2.24) is 15.1 Å². The first-order valence-electron chi connectivity index (χ1n) is 7.03. The minimum absolute atomic E-state index is 0.762. The molecule has 0 amide bonds. The molecule has 1 aromatic heterocycles. The molecular weight excluding hydrogens is 224 g/mol. The van der Waals surface area contributed by atoms with Crippen LogP contribution in [0.4, 0.5) is 5.82 Å². The van der Waals surface area contributed by atoms with Gasteiger partial charge in [0.2, 0.25) is 0 Å². The molecule has 0 radical (unpaired) electrons. The highest BCUT2D eigenvalue weighted by molar-refractivity contribution is 5.34. The van der Waals surface area contributed by atoms with Gasteiger partial charge in [-0.2, -0.15) is 5.10 Å². The maximum absolute atomic E-state index is 4.06. The maximum Gasteiger partial charge on any atom is 0.148 e. The Bertz CT molecular complexity index is 367. The van der Waals surface area contributed by atoms with Crippen molar-refractivity contribution in [1.29, 1.82) is 0 Å². The Morgan fingerprint density at radius 3 is 3.11 bits per heavy atom. The summed E-state index contributed by atoms with van der Waals surface area (Å²) in [5, 5.41) is 11.3. The molecule has 0 aromatic carbocycles. The molecule has 0 spiro atoms. The van der Waals surface area contributed by atoms with Crippen LogP contribution in [-0.2, 0) is 0 Å². The van der Waals surface area contributed by atoms with Gasteiger partial charge in [-0.3, -0.25) is 0 Å². The predicted molar refractivity (Wildman–Crippen MR) is 74.8 cm³/mol. The summed E-state index contributed by atoms with van der Waals surface area (Å²) in [6, 6.07) is 2.80. The normalized spacial score (nSPS) is 20.9. The van der Waals surface area contributed by atoms with Gasteiger partial charge in [-0.1, -0.05) is 6.42 Å². The standard InChI is InChI=1S/C14H24N4/c1-12-10-14(17-16-11-12)15-7-5-9-18-8-4-3-6-13(18)2/h10-11,13H,3-9H2,1-2H3,(H,15,17). The molecule has 1 N–H and O–H groups in total. The fraction of sp³-hybridized carbons (Fsp3) is 0.714. The van der Waals surface area contributed by atoms with E-state index in [2.05, 4.69) is 27.3 Å². The van der Waals surface area contributed by atoms with Gasteiger partial charge in [-0.05, 0) is 51.3 Å². The Morgan fingerprint density at radius 1 is 1.44 bits per heavy atom. The molecule has 1 saturated heterocycles. The summed E-state index contributed by atoms with van der Waals surface area (Å²) in [5.41, 5.74) is 1.15. The number of nitrogens with one attached hydrogen (secondary N) is 1. The Labute approximate surface area is 110 Å². The zero-order chi connectivity index (χ0) is 12.8. The van der Waals surface area contributed by atoms with E-state index in [-0.39, 0.29) is 0 Å². The molecule has 1 unspecified atom stereocenters. The molecule has 0 saturated carbocycles. The summed E-state index contributed by atoms with van der Waals surface area (Å²) < 4.78 is 0. The van der Waals surface area contributed by atoms with Gasteiger partial charge in [0.05, 0.1) is 6.20 Å². The molecule has 4 nitrogen and oxygen atoms in total. The SMILES string of the molecule is Cc1cnnc(NCCCN2CCCCC2C)c1. The quantitative estimate of drug-likeness (QED) is 0.813. The maximum atomic E-state index is 4.06. The van der Waals surface area contributed by atoms with E-state index in [0.29, 0.717) is 0 Å². The average Bonchev–Trinajstić information content (AvgIpc) is 2.37. The lowest BCUT2D eigenvalue weighted by Gasteiger charge is -2.33. The van der Waals surface area contributed by atoms with Gasteiger partial charge < -0.3 is 10.2 Å². The number of anilines is 1. The summed E-state index contributed by atoms with van der Waals surface area (Å²) in [4.78, 5) is 2.60. The Morgan fingerprint density at radius 2 is 2.33 bits per heavy atom. The van der Waals surface area contributed by atoms with E-state index < -0.39 is 0 Å². The molecule has 1 atom stereocenters. The number of rotatable bonds is 5. The highest BCUT2D eigenvalue weighted by Gasteiger charge is 2.16. The first-order valence-corrected chi connectivity index (χ1v) is 7.03. The fourth-order valence-corrected chi connectivity index (χ4v) is 2.54. The predicted octanol–water partition coefficient (Wildman–Crippen LogP) is 2.46. The summed E-state index contributed by atoms with van der Waals surface area (Å²) in [7, 11) is 0. The molecule has 4 heteroatoms. The van der Waals surface area contributed by atoms with Crippen molar-refractivity contribution in [2.75, 3.05) is 25.0 Å². The van der Waals surface area contributed by atoms with Gasteiger partial charge in [-0.15, -0.1) is 5.10 Å². The number of likely N-dealkylation sites (tertiary alicyclic amines) is 1. The number of nitrogens with zero attached hydrogens (tertiary/aromatic N) is 3. The number of aryl methyl sites for hydroxylation is 1. The first-order chi connectivity index (χ1) is 8.75. The molecule has 0 bridgehead atoms. The lowest BCUT2D eigenvalue weighted by molar-refractivity contribution is 0.160. The summed E-state index contributed by atoms with van der Waals surface area (Å²) in [6.45, 7) is 7.81. The van der Waals surface area contributed by atoms with Crippen LogP contribution in [0, 0.1) is 6.92 Å². The molecule has 1 aliphatic heterocycles. The number of hydrogen-bond donors (Lipinski definition) is 1. The summed E-state index contributed by atoms with van der Waals surface area (Å²) in [6.07, 6.45) is 7.06. The van der Waals surface area contributed by atoms with Crippen molar-refractivity contribution < 1.29 is 0 Å². The highest BCUT2D eigenvalue weighted by Crippen LogP contribution is 2.16. The van der Waals surface area contributed by atoms with Gasteiger partial charge in [0.1, 0.15) is 5.82 Å². The van der Waals surface area contributed by atoms with Crippen LogP contribution in [0.2, 0.25) is 0 Å². The van der Waals surface area contributed by atoms with Crippen molar-refractivity contribution >= 4 is 5.82 Å². The van der Waals surface area contributed by atoms with Crippen LogP contribution in [0.25, 0.3) is 0 Å². The van der Waals surface area contributed by atoms with E-state index in [1.165, 1.54) is 38.8 Å². The van der Waals surface area contributed by atoms with Gasteiger partial charge in [0, 0.05) is 19.1 Å². The van der Waals surface area contributed by atoms with Gasteiger partial charge in [-0.25, -0.2) is 0 Å². The van der Waals surface area contributed by atoms with Crippen molar-refractivity contribution in [2.24, 2.45) is 0 Å². The molecule has 1 fully saturated rings. The van der Waals surface area contributed by atoms with E-state index >= 15 is 0 Å². The second kappa shape index (κ2) is 6.69. The van der Waals surface area contributed by atoms with Crippen LogP contribution in [0.1, 0.15) is 38.2 Å². The minimum Gasteiger partial charge on any atom is -0.369 e. The van der Waals surface area contributed by atoms with Gasteiger partial charge in [0.15, 0.2) is 0 Å². The summed E-state index contributed by atoms with van der Waals surface area (Å²) >= 11 is 0. The molecule has 100 valence electrons. The van der Waals surface area contributed by atoms with Crippen molar-refractivity contribution in [2.45, 2.75) is 45.6 Å². The van der Waals surface area contributed by atoms with E-state index in [1.807, 2.05) is 13.0 Å². The summed E-state index contributed by atoms with van der Waals surface area (Å²) in [5.74, 6) is 0.890. The zero-order valence-electron chi connectivity index (χ0n) is 11.5. The minimum atomic E-state index is 0.762. The Balaban J connectivity index is 1.66. The third kappa shape index (κ3) is 3.95. The van der Waals surface area contributed by atoms with Crippen LogP contribution < -0.4 is 5.32 Å². The molecule has 0 aliphatic carbocycles. The molecule has 2 rings (SSSR count). The molecule has 18 heavy (non-hydrogen) atoms. The smallest absolute Gasteiger partial charge is 0.148 e. The molecule has 1 aliphatic rings. The van der Waals surface area contributed by atoms with Gasteiger partial charge in [0.25, 0.3) is 0 Å². The van der Waals surface area contributed by atoms with Crippen LogP contribution >= 0.6 is 0 Å². The number of piperidine rings is 1. The van der Waals surface area contributed by atoms with Crippen molar-refractivity contribution in [3.8, 4) is 0 Å². The fourth-order valence-electron chi connectivity index (χ4n) is 2.54. The van der Waals surface area contributed by atoms with Crippen LogP contribution in [0.15, 0.2) is 12.3 Å². The van der Waals surface area contributed by atoms with Crippen molar-refractivity contribution in [3.63, 3.8) is 0 Å². The Kier molecular flexibility index (Phi) is 4.93. The van der Waals surface area contributed by atoms with Crippen LogP contribution in [0.3, 0.4) is 0 Å². The third-order valence-electron chi connectivity index (χ3n) is 3.66. The van der Waals surface area contributed by atoms with Gasteiger partial charge >= 0.3 is 0 Å². The van der Waals surface area contributed by atoms with Crippen molar-refractivity contribution in [3.05, 3.63) is 17.8 Å². The van der Waals surface area contributed by atoms with E-state index in [4.69, 9.17) is 0 Å². The number of hydrogen-bond acceptors (Lipinski definition) is 4. The zero-order valence-corrected chi connectivity index (χ0v) is 11.5. The van der Waals surface area contributed by atoms with Crippen LogP contribution in [0.5, 0.6) is 0 Å². The largest absolute Gasteiger partial charge is 0.369 e. The van der Waals surface area contributed by atoms with E-state index in [1.54, 1.807) is 6.20 Å². The molecule has 1 aromatic rings. The second-order valence-corrected chi connectivity index (χ2v) is 5.28. The monoisotopic (exact) mass is 248 g/mol.